The van der Waals surface area contributed by atoms with Crippen molar-refractivity contribution in [3.8, 4) is 0 Å². The molecule has 1 aromatic heterocycles. The molecule has 6 heteroatoms. The molecule has 0 aliphatic carbocycles. The highest BCUT2D eigenvalue weighted by Gasteiger charge is 2.21. The van der Waals surface area contributed by atoms with Gasteiger partial charge in [-0.1, -0.05) is 0 Å². The summed E-state index contributed by atoms with van der Waals surface area (Å²) in [5, 5.41) is 4.05. The third-order valence-electron chi connectivity index (χ3n) is 3.11. The van der Waals surface area contributed by atoms with Gasteiger partial charge in [-0.2, -0.15) is 5.10 Å². The van der Waals surface area contributed by atoms with Crippen molar-refractivity contribution < 1.29 is 4.74 Å². The van der Waals surface area contributed by atoms with E-state index in [1.807, 2.05) is 7.05 Å². The van der Waals surface area contributed by atoms with E-state index in [0.29, 0.717) is 5.92 Å². The topological polar surface area (TPSA) is 78.0 Å². The van der Waals surface area contributed by atoms with E-state index in [0.717, 1.165) is 38.3 Å². The summed E-state index contributed by atoms with van der Waals surface area (Å²) in [4.78, 5) is 4.20. The molecular weight excluding hydrogens is 206 g/mol. The summed E-state index contributed by atoms with van der Waals surface area (Å²) in [5.74, 6) is 7.15. The maximum absolute atomic E-state index is 5.57. The monoisotopic (exact) mass is 225 g/mol. The first-order chi connectivity index (χ1) is 7.79. The number of hydrogen-bond donors (Lipinski definition) is 2. The highest BCUT2D eigenvalue weighted by atomic mass is 16.5. The minimum atomic E-state index is 0.245. The van der Waals surface area contributed by atoms with Crippen molar-refractivity contribution in [2.24, 2.45) is 18.8 Å². The largest absolute Gasteiger partial charge is 0.381 e. The number of rotatable bonds is 5. The minimum Gasteiger partial charge on any atom is -0.381 e. The van der Waals surface area contributed by atoms with Crippen LogP contribution in [0.5, 0.6) is 0 Å². The molecule has 2 heterocycles. The zero-order chi connectivity index (χ0) is 11.4. The second-order valence-electron chi connectivity index (χ2n) is 4.33. The summed E-state index contributed by atoms with van der Waals surface area (Å²) < 4.78 is 7.15. The van der Waals surface area contributed by atoms with Crippen LogP contribution in [0.1, 0.15) is 18.7 Å². The summed E-state index contributed by atoms with van der Waals surface area (Å²) in [7, 11) is 1.90. The maximum atomic E-state index is 5.57. The Morgan fingerprint density at radius 2 is 2.62 bits per heavy atom. The lowest BCUT2D eigenvalue weighted by Crippen LogP contribution is -2.39. The van der Waals surface area contributed by atoms with Crippen LogP contribution in [0.25, 0.3) is 0 Å². The Labute approximate surface area is 95.1 Å². The molecule has 2 rings (SSSR count). The number of aryl methyl sites for hydroxylation is 1. The van der Waals surface area contributed by atoms with Gasteiger partial charge in [0.15, 0.2) is 0 Å². The standard InChI is InChI=1S/C10H19N5O/c1-15-10(12-7-13-15)5-9(14-11)4-8-2-3-16-6-8/h7-9,14H,2-6,11H2,1H3. The van der Waals surface area contributed by atoms with E-state index < -0.39 is 0 Å². The number of hydrogen-bond acceptors (Lipinski definition) is 5. The number of ether oxygens (including phenoxy) is 1. The fourth-order valence-electron chi connectivity index (χ4n) is 2.11. The van der Waals surface area contributed by atoms with Crippen LogP contribution in [-0.2, 0) is 18.2 Å². The molecule has 1 aliphatic heterocycles. The lowest BCUT2D eigenvalue weighted by molar-refractivity contribution is 0.181. The fraction of sp³-hybridized carbons (Fsp3) is 0.800. The molecule has 1 saturated heterocycles. The summed E-state index contributed by atoms with van der Waals surface area (Å²) in [5.41, 5.74) is 2.86. The Morgan fingerprint density at radius 1 is 1.75 bits per heavy atom. The molecule has 0 spiro atoms. The van der Waals surface area contributed by atoms with Crippen LogP contribution in [-0.4, -0.2) is 34.0 Å². The van der Waals surface area contributed by atoms with Gasteiger partial charge < -0.3 is 4.74 Å². The minimum absolute atomic E-state index is 0.245. The quantitative estimate of drug-likeness (QED) is 0.527. The van der Waals surface area contributed by atoms with Gasteiger partial charge in [-0.05, 0) is 18.8 Å². The highest BCUT2D eigenvalue weighted by molar-refractivity contribution is 4.89. The van der Waals surface area contributed by atoms with E-state index >= 15 is 0 Å². The molecule has 1 aromatic rings. The van der Waals surface area contributed by atoms with Gasteiger partial charge in [0.05, 0.1) is 0 Å². The van der Waals surface area contributed by atoms with Gasteiger partial charge in [-0.25, -0.2) is 4.98 Å². The highest BCUT2D eigenvalue weighted by Crippen LogP contribution is 2.19. The summed E-state index contributed by atoms with van der Waals surface area (Å²) >= 11 is 0. The lowest BCUT2D eigenvalue weighted by Gasteiger charge is -2.18. The van der Waals surface area contributed by atoms with Crippen LogP contribution in [0.3, 0.4) is 0 Å². The Kier molecular flexibility index (Phi) is 3.87. The zero-order valence-electron chi connectivity index (χ0n) is 9.59. The van der Waals surface area contributed by atoms with Gasteiger partial charge >= 0.3 is 0 Å². The van der Waals surface area contributed by atoms with E-state index in [2.05, 4.69) is 15.5 Å². The molecule has 3 N–H and O–H groups in total. The predicted molar refractivity (Wildman–Crippen MR) is 59.4 cm³/mol. The van der Waals surface area contributed by atoms with Gasteiger partial charge in [0.2, 0.25) is 0 Å². The van der Waals surface area contributed by atoms with E-state index in [-0.39, 0.29) is 6.04 Å². The van der Waals surface area contributed by atoms with E-state index in [1.54, 1.807) is 11.0 Å². The van der Waals surface area contributed by atoms with Crippen molar-refractivity contribution in [3.63, 3.8) is 0 Å². The Bertz CT molecular complexity index is 321. The van der Waals surface area contributed by atoms with Gasteiger partial charge in [0.1, 0.15) is 12.2 Å². The fourth-order valence-corrected chi connectivity index (χ4v) is 2.11. The van der Waals surface area contributed by atoms with E-state index in [9.17, 15) is 0 Å². The summed E-state index contributed by atoms with van der Waals surface area (Å²) in [6.07, 6.45) is 4.55. The van der Waals surface area contributed by atoms with Gasteiger partial charge in [-0.3, -0.25) is 16.0 Å². The molecule has 6 nitrogen and oxygen atoms in total. The Balaban J connectivity index is 1.87. The third kappa shape index (κ3) is 2.78. The average Bonchev–Trinajstić information content (AvgIpc) is 2.90. The van der Waals surface area contributed by atoms with Crippen LogP contribution < -0.4 is 11.3 Å². The van der Waals surface area contributed by atoms with Crippen molar-refractivity contribution in [2.45, 2.75) is 25.3 Å². The van der Waals surface area contributed by atoms with Crippen molar-refractivity contribution >= 4 is 0 Å². The number of nitrogens with zero attached hydrogens (tertiary/aromatic N) is 3. The first kappa shape index (κ1) is 11.5. The van der Waals surface area contributed by atoms with E-state index in [4.69, 9.17) is 10.6 Å². The lowest BCUT2D eigenvalue weighted by atomic mass is 9.97. The first-order valence-corrected chi connectivity index (χ1v) is 5.66. The van der Waals surface area contributed by atoms with Crippen LogP contribution >= 0.6 is 0 Å². The summed E-state index contributed by atoms with van der Waals surface area (Å²) in [6.45, 7) is 1.74. The van der Waals surface area contributed by atoms with Crippen LogP contribution in [0.2, 0.25) is 0 Å². The van der Waals surface area contributed by atoms with Crippen molar-refractivity contribution in [1.82, 2.24) is 20.2 Å². The smallest absolute Gasteiger partial charge is 0.138 e. The third-order valence-corrected chi connectivity index (χ3v) is 3.11. The van der Waals surface area contributed by atoms with Crippen LogP contribution in [0.15, 0.2) is 6.33 Å². The van der Waals surface area contributed by atoms with Crippen LogP contribution in [0, 0.1) is 5.92 Å². The Morgan fingerprint density at radius 3 is 3.19 bits per heavy atom. The van der Waals surface area contributed by atoms with Gasteiger partial charge in [0.25, 0.3) is 0 Å². The van der Waals surface area contributed by atoms with Crippen molar-refractivity contribution in [1.29, 1.82) is 0 Å². The van der Waals surface area contributed by atoms with Gasteiger partial charge in [-0.15, -0.1) is 0 Å². The predicted octanol–water partition coefficient (Wildman–Crippen LogP) is -0.384. The Hall–Kier alpha value is -0.980. The second-order valence-corrected chi connectivity index (χ2v) is 4.33. The number of nitrogens with one attached hydrogen (secondary N) is 1. The molecule has 1 aliphatic rings. The van der Waals surface area contributed by atoms with Gasteiger partial charge in [0, 0.05) is 32.7 Å². The molecule has 1 fully saturated rings. The molecule has 0 aromatic carbocycles. The molecule has 0 amide bonds. The normalized spacial score (nSPS) is 22.5. The molecule has 0 bridgehead atoms. The summed E-state index contributed by atoms with van der Waals surface area (Å²) in [6, 6.07) is 0.245. The molecule has 2 unspecified atom stereocenters. The SMILES string of the molecule is Cn1ncnc1CC(CC1CCOC1)NN. The number of hydrazine groups is 1. The van der Waals surface area contributed by atoms with Crippen LogP contribution in [0.4, 0.5) is 0 Å². The maximum Gasteiger partial charge on any atom is 0.138 e. The molecule has 90 valence electrons. The first-order valence-electron chi connectivity index (χ1n) is 5.66. The van der Waals surface area contributed by atoms with E-state index in [1.165, 1.54) is 0 Å². The molecular formula is C10H19N5O. The molecule has 2 atom stereocenters. The molecule has 16 heavy (non-hydrogen) atoms. The average molecular weight is 225 g/mol. The molecule has 0 radical (unpaired) electrons. The molecule has 0 saturated carbocycles. The number of nitrogens with two attached hydrogens (primary N) is 1. The van der Waals surface area contributed by atoms with Crippen molar-refractivity contribution in [2.75, 3.05) is 13.2 Å². The number of aromatic nitrogens is 3. The zero-order valence-corrected chi connectivity index (χ0v) is 9.59. The van der Waals surface area contributed by atoms with Crippen molar-refractivity contribution in [3.05, 3.63) is 12.2 Å². The second kappa shape index (κ2) is 5.38.